The van der Waals surface area contributed by atoms with Crippen molar-refractivity contribution in [2.45, 2.75) is 68.6 Å². The molecule has 0 unspecified atom stereocenters. The van der Waals surface area contributed by atoms with Crippen molar-refractivity contribution in [3.8, 4) is 0 Å². The fraction of sp³-hybridized carbons (Fsp3) is 0.483. The number of nitrogens with one attached hydrogen (secondary N) is 1. The summed E-state index contributed by atoms with van der Waals surface area (Å²) in [5.41, 5.74) is 0.748. The molecule has 1 aliphatic heterocycles. The molecule has 1 amide bonds. The van der Waals surface area contributed by atoms with Crippen molar-refractivity contribution in [1.29, 1.82) is 0 Å². The zero-order valence-corrected chi connectivity index (χ0v) is 24.2. The average Bonchev–Trinajstić information content (AvgIpc) is 3.28. The fourth-order valence-corrected chi connectivity index (χ4v) is 7.94. The molecule has 5 rings (SSSR count). The van der Waals surface area contributed by atoms with Crippen molar-refractivity contribution in [2.75, 3.05) is 24.7 Å². The molecule has 39 heavy (non-hydrogen) atoms. The molecule has 0 radical (unpaired) electrons. The molecule has 208 valence electrons. The molecule has 1 N–H and O–H groups in total. The standard InChI is InChI=1S/C29H36ClN5O3S/c1-19(2)34(3)22-10-12-27(20(15-22)17-39(37,38)23-7-5-4-6-8-23)35-14-13-26(29(35)36)33-28-24-16-21(30)9-11-25(24)31-18-32-28/h4-9,11,16,18-20,22,26-27H,10,12-15,17H2,1-3H3,(H,31,32,33)/t20-,22-,26+,27+/m1/s1. The molecule has 4 atom stereocenters. The largest absolute Gasteiger partial charge is 0.358 e. The summed E-state index contributed by atoms with van der Waals surface area (Å²) in [5.74, 6) is 0.442. The van der Waals surface area contributed by atoms with Gasteiger partial charge in [-0.2, -0.15) is 0 Å². The maximum absolute atomic E-state index is 13.8. The van der Waals surface area contributed by atoms with E-state index in [-0.39, 0.29) is 29.7 Å². The van der Waals surface area contributed by atoms with Gasteiger partial charge in [0.05, 0.1) is 16.2 Å². The van der Waals surface area contributed by atoms with Gasteiger partial charge in [0.1, 0.15) is 18.2 Å². The Hall–Kier alpha value is -2.75. The first-order valence-corrected chi connectivity index (χ1v) is 15.6. The van der Waals surface area contributed by atoms with Gasteiger partial charge in [-0.1, -0.05) is 29.8 Å². The summed E-state index contributed by atoms with van der Waals surface area (Å²) in [7, 11) is -1.39. The number of nitrogens with zero attached hydrogens (tertiary/aromatic N) is 4. The summed E-state index contributed by atoms with van der Waals surface area (Å²) in [6.07, 6.45) is 4.54. The van der Waals surface area contributed by atoms with E-state index in [1.165, 1.54) is 6.33 Å². The van der Waals surface area contributed by atoms with Gasteiger partial charge in [0, 0.05) is 35.1 Å². The number of anilines is 1. The number of rotatable bonds is 8. The van der Waals surface area contributed by atoms with E-state index in [0.717, 1.165) is 30.2 Å². The van der Waals surface area contributed by atoms with Crippen LogP contribution in [0.2, 0.25) is 5.02 Å². The Morgan fingerprint density at radius 3 is 2.62 bits per heavy atom. The third-order valence-electron chi connectivity index (χ3n) is 8.39. The molecule has 1 saturated carbocycles. The highest BCUT2D eigenvalue weighted by atomic mass is 35.5. The highest BCUT2D eigenvalue weighted by Gasteiger charge is 2.44. The van der Waals surface area contributed by atoms with Gasteiger partial charge < -0.3 is 15.1 Å². The summed E-state index contributed by atoms with van der Waals surface area (Å²) in [6, 6.07) is 14.1. The molecular weight excluding hydrogens is 534 g/mol. The molecule has 1 aromatic heterocycles. The summed E-state index contributed by atoms with van der Waals surface area (Å²) in [5, 5.41) is 4.67. The molecule has 2 aromatic carbocycles. The van der Waals surface area contributed by atoms with Crippen LogP contribution in [-0.2, 0) is 14.6 Å². The molecule has 0 bridgehead atoms. The van der Waals surface area contributed by atoms with E-state index in [2.05, 4.69) is 41.1 Å². The van der Waals surface area contributed by atoms with Crippen LogP contribution in [0.1, 0.15) is 39.5 Å². The average molecular weight is 570 g/mol. The van der Waals surface area contributed by atoms with Crippen LogP contribution in [0.3, 0.4) is 0 Å². The van der Waals surface area contributed by atoms with E-state index in [1.54, 1.807) is 36.4 Å². The second-order valence-corrected chi connectivity index (χ2v) is 13.5. The molecule has 0 spiro atoms. The third-order valence-corrected chi connectivity index (χ3v) is 10.5. The zero-order valence-electron chi connectivity index (χ0n) is 22.6. The smallest absolute Gasteiger partial charge is 0.245 e. The van der Waals surface area contributed by atoms with Crippen LogP contribution >= 0.6 is 11.6 Å². The minimum absolute atomic E-state index is 0.00781. The summed E-state index contributed by atoms with van der Waals surface area (Å²) < 4.78 is 26.9. The lowest BCUT2D eigenvalue weighted by molar-refractivity contribution is -0.132. The number of likely N-dealkylation sites (tertiary alicyclic amines) is 1. The maximum atomic E-state index is 13.8. The predicted octanol–water partition coefficient (Wildman–Crippen LogP) is 4.65. The quantitative estimate of drug-likeness (QED) is 0.422. The Kier molecular flexibility index (Phi) is 8.12. The van der Waals surface area contributed by atoms with Crippen LogP contribution in [0.15, 0.2) is 59.8 Å². The van der Waals surface area contributed by atoms with E-state index >= 15 is 0 Å². The van der Waals surface area contributed by atoms with E-state index in [1.807, 2.05) is 17.0 Å². The van der Waals surface area contributed by atoms with Gasteiger partial charge in [0.15, 0.2) is 9.84 Å². The fourth-order valence-electron chi connectivity index (χ4n) is 6.08. The van der Waals surface area contributed by atoms with Gasteiger partial charge in [0.2, 0.25) is 5.91 Å². The van der Waals surface area contributed by atoms with E-state index in [0.29, 0.717) is 34.7 Å². The van der Waals surface area contributed by atoms with E-state index < -0.39 is 15.9 Å². The number of amides is 1. The van der Waals surface area contributed by atoms with E-state index in [9.17, 15) is 13.2 Å². The van der Waals surface area contributed by atoms with Gasteiger partial charge in [-0.25, -0.2) is 18.4 Å². The highest BCUT2D eigenvalue weighted by molar-refractivity contribution is 7.91. The summed E-state index contributed by atoms with van der Waals surface area (Å²) in [4.78, 5) is 27.0. The van der Waals surface area contributed by atoms with Gasteiger partial charge in [0.25, 0.3) is 0 Å². The van der Waals surface area contributed by atoms with Crippen molar-refractivity contribution < 1.29 is 13.2 Å². The molecular formula is C29H36ClN5O3S. The Bertz CT molecular complexity index is 1440. The number of hydrogen-bond acceptors (Lipinski definition) is 7. The number of benzene rings is 2. The van der Waals surface area contributed by atoms with Crippen LogP contribution in [0.25, 0.3) is 10.9 Å². The Balaban J connectivity index is 1.37. The number of sulfone groups is 1. The Morgan fingerprint density at radius 2 is 1.87 bits per heavy atom. The number of halogens is 1. The number of hydrogen-bond donors (Lipinski definition) is 1. The number of fused-ring (bicyclic) bond motifs is 1. The third kappa shape index (κ3) is 5.90. The zero-order chi connectivity index (χ0) is 27.7. The van der Waals surface area contributed by atoms with Crippen molar-refractivity contribution in [3.63, 3.8) is 0 Å². The lowest BCUT2D eigenvalue weighted by Gasteiger charge is -2.44. The summed E-state index contributed by atoms with van der Waals surface area (Å²) >= 11 is 6.22. The SMILES string of the molecule is CC(C)N(C)[C@@H]1CC[C@H](N2CC[C@H](Nc3ncnc4ccc(Cl)cc34)C2=O)[C@@H](CS(=O)(=O)c2ccccc2)C1. The van der Waals surface area contributed by atoms with Crippen molar-refractivity contribution in [1.82, 2.24) is 19.8 Å². The minimum Gasteiger partial charge on any atom is -0.358 e. The monoisotopic (exact) mass is 569 g/mol. The lowest BCUT2D eigenvalue weighted by Crippen LogP contribution is -2.52. The van der Waals surface area contributed by atoms with Crippen LogP contribution in [0.5, 0.6) is 0 Å². The minimum atomic E-state index is -3.50. The van der Waals surface area contributed by atoms with Crippen LogP contribution < -0.4 is 5.32 Å². The molecule has 1 saturated heterocycles. The second-order valence-electron chi connectivity index (χ2n) is 11.0. The second kappa shape index (κ2) is 11.4. The predicted molar refractivity (Wildman–Crippen MR) is 155 cm³/mol. The van der Waals surface area contributed by atoms with Crippen molar-refractivity contribution >= 4 is 44.1 Å². The number of carbonyl (C=O) groups excluding carboxylic acids is 1. The van der Waals surface area contributed by atoms with Crippen LogP contribution in [0, 0.1) is 5.92 Å². The summed E-state index contributed by atoms with van der Waals surface area (Å²) in [6.45, 7) is 4.90. The van der Waals surface area contributed by atoms with Crippen molar-refractivity contribution in [2.24, 2.45) is 5.92 Å². The molecule has 3 aromatic rings. The molecule has 2 fully saturated rings. The normalized spacial score (nSPS) is 24.2. The lowest BCUT2D eigenvalue weighted by atomic mass is 9.81. The first kappa shape index (κ1) is 27.8. The van der Waals surface area contributed by atoms with Gasteiger partial charge in [-0.05, 0) is 82.8 Å². The Morgan fingerprint density at radius 1 is 1.10 bits per heavy atom. The van der Waals surface area contributed by atoms with Crippen LogP contribution in [-0.4, -0.2) is 77.6 Å². The molecule has 1 aliphatic carbocycles. The molecule has 2 heterocycles. The Labute approximate surface area is 235 Å². The van der Waals surface area contributed by atoms with E-state index in [4.69, 9.17) is 11.6 Å². The number of aromatic nitrogens is 2. The van der Waals surface area contributed by atoms with Crippen molar-refractivity contribution in [3.05, 3.63) is 59.9 Å². The van der Waals surface area contributed by atoms with Crippen LogP contribution in [0.4, 0.5) is 5.82 Å². The first-order valence-electron chi connectivity index (χ1n) is 13.6. The molecule has 2 aliphatic rings. The first-order chi connectivity index (χ1) is 18.6. The van der Waals surface area contributed by atoms with Gasteiger partial charge >= 0.3 is 0 Å². The molecule has 10 heteroatoms. The number of carbonyl (C=O) groups is 1. The molecule has 8 nitrogen and oxygen atoms in total. The topological polar surface area (TPSA) is 95.5 Å². The van der Waals surface area contributed by atoms with Gasteiger partial charge in [-0.3, -0.25) is 4.79 Å². The maximum Gasteiger partial charge on any atom is 0.245 e. The van der Waals surface area contributed by atoms with Gasteiger partial charge in [-0.15, -0.1) is 0 Å². The highest BCUT2D eigenvalue weighted by Crippen LogP contribution is 2.36.